The molecule has 0 saturated carbocycles. The van der Waals surface area contributed by atoms with Gasteiger partial charge in [0.05, 0.1) is 0 Å². The number of hydrogen-bond acceptors (Lipinski definition) is 5. The number of carbonyl (C=O) groups is 1. The Balaban J connectivity index is 1.97. The van der Waals surface area contributed by atoms with Gasteiger partial charge in [-0.15, -0.1) is 0 Å². The van der Waals surface area contributed by atoms with E-state index in [0.717, 1.165) is 21.2 Å². The maximum absolute atomic E-state index is 11.8. The maximum Gasteiger partial charge on any atom is 0.372 e. The average Bonchev–Trinajstić information content (AvgIpc) is 2.60. The lowest BCUT2D eigenvalue weighted by atomic mass is 10.1. The standard InChI is InChI=1S/C17H18BrN3O3/c1-10-7-14(11(2)12(3)16(10)18)23-9-15(22)24-21-17(19)13-5-4-6-20-8-13/h4-8H,9H2,1-3H3,(H2,19,21). The molecule has 24 heavy (non-hydrogen) atoms. The minimum atomic E-state index is -0.639. The van der Waals surface area contributed by atoms with Gasteiger partial charge in [-0.2, -0.15) is 0 Å². The number of halogens is 1. The molecule has 126 valence electrons. The molecular formula is C17H18BrN3O3. The average molecular weight is 392 g/mol. The highest BCUT2D eigenvalue weighted by atomic mass is 79.9. The summed E-state index contributed by atoms with van der Waals surface area (Å²) in [7, 11) is 0. The number of aryl methyl sites for hydroxylation is 1. The van der Waals surface area contributed by atoms with Crippen molar-refractivity contribution in [3.05, 3.63) is 57.3 Å². The molecule has 7 heteroatoms. The van der Waals surface area contributed by atoms with Crippen LogP contribution in [0.1, 0.15) is 22.3 Å². The smallest absolute Gasteiger partial charge is 0.372 e. The molecule has 0 atom stereocenters. The van der Waals surface area contributed by atoms with Crippen LogP contribution in [0, 0.1) is 20.8 Å². The number of carbonyl (C=O) groups excluding carboxylic acids is 1. The molecule has 2 rings (SSSR count). The van der Waals surface area contributed by atoms with Crippen molar-refractivity contribution in [2.75, 3.05) is 6.61 Å². The first-order chi connectivity index (χ1) is 11.4. The van der Waals surface area contributed by atoms with Crippen LogP contribution in [0.3, 0.4) is 0 Å². The lowest BCUT2D eigenvalue weighted by molar-refractivity contribution is -0.146. The van der Waals surface area contributed by atoms with Crippen LogP contribution in [-0.4, -0.2) is 23.4 Å². The van der Waals surface area contributed by atoms with E-state index in [0.29, 0.717) is 11.3 Å². The van der Waals surface area contributed by atoms with Gasteiger partial charge in [0, 0.05) is 22.4 Å². The van der Waals surface area contributed by atoms with E-state index in [1.54, 1.807) is 18.3 Å². The quantitative estimate of drug-likeness (QED) is 0.366. The summed E-state index contributed by atoms with van der Waals surface area (Å²) in [5, 5.41) is 3.60. The normalized spacial score (nSPS) is 11.2. The van der Waals surface area contributed by atoms with Crippen molar-refractivity contribution < 1.29 is 14.4 Å². The number of nitrogens with two attached hydrogens (primary N) is 1. The van der Waals surface area contributed by atoms with Gasteiger partial charge >= 0.3 is 5.97 Å². The van der Waals surface area contributed by atoms with Crippen molar-refractivity contribution >= 4 is 27.7 Å². The lowest BCUT2D eigenvalue weighted by Crippen LogP contribution is -2.18. The fourth-order valence-electron chi connectivity index (χ4n) is 1.99. The van der Waals surface area contributed by atoms with Crippen molar-refractivity contribution in [2.45, 2.75) is 20.8 Å². The second-order valence-corrected chi connectivity index (χ2v) is 6.02. The molecule has 0 aliphatic carbocycles. The van der Waals surface area contributed by atoms with Gasteiger partial charge in [0.2, 0.25) is 0 Å². The van der Waals surface area contributed by atoms with Crippen molar-refractivity contribution in [2.24, 2.45) is 10.9 Å². The molecule has 0 bridgehead atoms. The van der Waals surface area contributed by atoms with Gasteiger partial charge in [-0.05, 0) is 55.7 Å². The number of nitrogens with zero attached hydrogens (tertiary/aromatic N) is 2. The van der Waals surface area contributed by atoms with Gasteiger partial charge in [-0.3, -0.25) is 4.98 Å². The minimum absolute atomic E-state index is 0.0722. The monoisotopic (exact) mass is 391 g/mol. The van der Waals surface area contributed by atoms with Crippen LogP contribution in [0.2, 0.25) is 0 Å². The Bertz CT molecular complexity index is 776. The summed E-state index contributed by atoms with van der Waals surface area (Å²) in [6.45, 7) is 5.61. The predicted octanol–water partition coefficient (Wildman–Crippen LogP) is 3.01. The maximum atomic E-state index is 11.8. The molecule has 1 aromatic carbocycles. The van der Waals surface area contributed by atoms with Crippen molar-refractivity contribution in [1.82, 2.24) is 4.98 Å². The van der Waals surface area contributed by atoms with Gasteiger partial charge in [-0.25, -0.2) is 4.79 Å². The zero-order valence-electron chi connectivity index (χ0n) is 13.7. The first-order valence-electron chi connectivity index (χ1n) is 7.23. The summed E-state index contributed by atoms with van der Waals surface area (Å²) in [6, 6.07) is 5.30. The molecular weight excluding hydrogens is 374 g/mol. The fourth-order valence-corrected chi connectivity index (χ4v) is 2.41. The third-order valence-corrected chi connectivity index (χ3v) is 4.72. The minimum Gasteiger partial charge on any atom is -0.482 e. The largest absolute Gasteiger partial charge is 0.482 e. The van der Waals surface area contributed by atoms with Crippen LogP contribution >= 0.6 is 15.9 Å². The Labute approximate surface area is 148 Å². The summed E-state index contributed by atoms with van der Waals surface area (Å²) >= 11 is 3.52. The van der Waals surface area contributed by atoms with E-state index in [9.17, 15) is 4.79 Å². The van der Waals surface area contributed by atoms with Crippen molar-refractivity contribution in [1.29, 1.82) is 0 Å². The topological polar surface area (TPSA) is 86.8 Å². The summed E-state index contributed by atoms with van der Waals surface area (Å²) in [4.78, 5) is 20.4. The van der Waals surface area contributed by atoms with E-state index < -0.39 is 5.97 Å². The van der Waals surface area contributed by atoms with E-state index in [1.807, 2.05) is 26.8 Å². The zero-order valence-corrected chi connectivity index (χ0v) is 15.3. The lowest BCUT2D eigenvalue weighted by Gasteiger charge is -2.13. The van der Waals surface area contributed by atoms with Gasteiger partial charge in [0.1, 0.15) is 5.75 Å². The highest BCUT2D eigenvalue weighted by Gasteiger charge is 2.12. The summed E-state index contributed by atoms with van der Waals surface area (Å²) in [5.41, 5.74) is 9.34. The fraction of sp³-hybridized carbons (Fsp3) is 0.235. The first kappa shape index (κ1) is 17.9. The Kier molecular flexibility index (Phi) is 5.92. The number of ether oxygens (including phenoxy) is 1. The Morgan fingerprint density at radius 2 is 2.08 bits per heavy atom. The molecule has 0 fully saturated rings. The Morgan fingerprint density at radius 1 is 1.33 bits per heavy atom. The molecule has 0 spiro atoms. The molecule has 0 unspecified atom stereocenters. The molecule has 1 heterocycles. The van der Waals surface area contributed by atoms with Crippen LogP contribution in [-0.2, 0) is 9.63 Å². The van der Waals surface area contributed by atoms with Crippen LogP contribution in [0.25, 0.3) is 0 Å². The van der Waals surface area contributed by atoms with Gasteiger partial charge in [-0.1, -0.05) is 21.1 Å². The van der Waals surface area contributed by atoms with E-state index in [4.69, 9.17) is 15.3 Å². The number of pyridine rings is 1. The molecule has 0 aliphatic heterocycles. The highest BCUT2D eigenvalue weighted by Crippen LogP contribution is 2.31. The molecule has 0 saturated heterocycles. The molecule has 0 aliphatic rings. The Hall–Kier alpha value is -2.41. The molecule has 0 amide bonds. The molecule has 1 aromatic heterocycles. The summed E-state index contributed by atoms with van der Waals surface area (Å²) in [5.74, 6) is 0.0665. The van der Waals surface area contributed by atoms with Crippen molar-refractivity contribution in [3.63, 3.8) is 0 Å². The van der Waals surface area contributed by atoms with Gasteiger partial charge in [0.25, 0.3) is 0 Å². The van der Waals surface area contributed by atoms with Gasteiger partial charge < -0.3 is 15.3 Å². The van der Waals surface area contributed by atoms with Crippen molar-refractivity contribution in [3.8, 4) is 5.75 Å². The third kappa shape index (κ3) is 4.32. The Morgan fingerprint density at radius 3 is 2.75 bits per heavy atom. The molecule has 0 radical (unpaired) electrons. The van der Waals surface area contributed by atoms with Gasteiger partial charge in [0.15, 0.2) is 12.4 Å². The number of aromatic nitrogens is 1. The second kappa shape index (κ2) is 7.92. The summed E-state index contributed by atoms with van der Waals surface area (Å²) in [6.07, 6.45) is 3.14. The van der Waals surface area contributed by atoms with E-state index >= 15 is 0 Å². The SMILES string of the molecule is Cc1cc(OCC(=O)O/N=C(\N)c2cccnc2)c(C)c(C)c1Br. The molecule has 6 nitrogen and oxygen atoms in total. The van der Waals surface area contributed by atoms with E-state index in [2.05, 4.69) is 26.1 Å². The number of amidine groups is 1. The molecule has 2 aromatic rings. The second-order valence-electron chi connectivity index (χ2n) is 5.23. The number of benzene rings is 1. The van der Waals surface area contributed by atoms with Crippen LogP contribution in [0.4, 0.5) is 0 Å². The zero-order chi connectivity index (χ0) is 17.7. The van der Waals surface area contributed by atoms with Crippen LogP contribution in [0.15, 0.2) is 40.2 Å². The first-order valence-corrected chi connectivity index (χ1v) is 8.02. The van der Waals surface area contributed by atoms with Crippen LogP contribution < -0.4 is 10.5 Å². The summed E-state index contributed by atoms with van der Waals surface area (Å²) < 4.78 is 6.57. The number of rotatable bonds is 5. The van der Waals surface area contributed by atoms with E-state index in [1.165, 1.54) is 6.20 Å². The number of oxime groups is 1. The number of hydrogen-bond donors (Lipinski definition) is 1. The third-order valence-electron chi connectivity index (χ3n) is 3.50. The highest BCUT2D eigenvalue weighted by molar-refractivity contribution is 9.10. The molecule has 2 N–H and O–H groups in total. The van der Waals surface area contributed by atoms with Crippen LogP contribution in [0.5, 0.6) is 5.75 Å². The van der Waals surface area contributed by atoms with E-state index in [-0.39, 0.29) is 12.4 Å². The predicted molar refractivity (Wildman–Crippen MR) is 94.9 cm³/mol.